The molecule has 3 heteroatoms. The van der Waals surface area contributed by atoms with Crippen LogP contribution in [-0.2, 0) is 6.54 Å². The van der Waals surface area contributed by atoms with Gasteiger partial charge < -0.3 is 10.2 Å². The summed E-state index contributed by atoms with van der Waals surface area (Å²) in [6.45, 7) is 18.7. The first-order valence-corrected chi connectivity index (χ1v) is 7.97. The van der Waals surface area contributed by atoms with E-state index in [1.54, 1.807) is 0 Å². The zero-order valence-electron chi connectivity index (χ0n) is 14.5. The highest BCUT2D eigenvalue weighted by Crippen LogP contribution is 2.22. The van der Waals surface area contributed by atoms with Gasteiger partial charge in [0.15, 0.2) is 0 Å². The van der Waals surface area contributed by atoms with Crippen LogP contribution in [0.2, 0.25) is 0 Å². The van der Waals surface area contributed by atoms with Crippen LogP contribution in [0.3, 0.4) is 0 Å². The summed E-state index contributed by atoms with van der Waals surface area (Å²) in [5.74, 6) is 1.48. The third-order valence-corrected chi connectivity index (χ3v) is 3.44. The van der Waals surface area contributed by atoms with Gasteiger partial charge >= 0.3 is 0 Å². The Bertz CT molecular complexity index is 450. The van der Waals surface area contributed by atoms with Gasteiger partial charge in [-0.2, -0.15) is 0 Å². The van der Waals surface area contributed by atoms with E-state index >= 15 is 0 Å². The Hall–Kier alpha value is -1.35. The van der Waals surface area contributed by atoms with Gasteiger partial charge in [-0.05, 0) is 37.5 Å². The first kappa shape index (κ1) is 17.7. The van der Waals surface area contributed by atoms with Gasteiger partial charge in [0.25, 0.3) is 0 Å². The maximum Gasteiger partial charge on any atom is 0.129 e. The minimum atomic E-state index is 0.406. The van der Waals surface area contributed by atoms with E-state index < -0.39 is 0 Å². The van der Waals surface area contributed by atoms with E-state index in [2.05, 4.69) is 70.5 Å². The molecule has 0 saturated heterocycles. The Morgan fingerprint density at radius 1 is 1.19 bits per heavy atom. The maximum absolute atomic E-state index is 4.85. The van der Waals surface area contributed by atoms with Crippen molar-refractivity contribution in [3.05, 3.63) is 36.0 Å². The Kier molecular flexibility index (Phi) is 6.90. The summed E-state index contributed by atoms with van der Waals surface area (Å²) in [6, 6.07) is 5.31. The summed E-state index contributed by atoms with van der Waals surface area (Å²) in [4.78, 5) is 7.14. The molecule has 21 heavy (non-hydrogen) atoms. The van der Waals surface area contributed by atoms with Crippen molar-refractivity contribution in [1.82, 2.24) is 10.3 Å². The molecule has 0 atom stereocenters. The molecule has 0 saturated carbocycles. The number of aromatic nitrogens is 1. The third kappa shape index (κ3) is 5.50. The molecule has 0 aromatic carbocycles. The van der Waals surface area contributed by atoms with E-state index in [1.807, 2.05) is 6.08 Å². The number of nitrogens with zero attached hydrogens (tertiary/aromatic N) is 2. The van der Waals surface area contributed by atoms with E-state index in [0.29, 0.717) is 18.0 Å². The van der Waals surface area contributed by atoms with Crippen LogP contribution in [0.5, 0.6) is 0 Å². The number of rotatable bonds is 8. The lowest BCUT2D eigenvalue weighted by molar-refractivity contribution is 0.587. The van der Waals surface area contributed by atoms with Crippen molar-refractivity contribution >= 4 is 5.82 Å². The molecule has 0 aliphatic carbocycles. The molecular formula is C18H31N3. The van der Waals surface area contributed by atoms with Crippen molar-refractivity contribution in [2.45, 2.75) is 66.1 Å². The second kappa shape index (κ2) is 8.18. The van der Waals surface area contributed by atoms with Crippen LogP contribution in [0.25, 0.3) is 0 Å². The zero-order chi connectivity index (χ0) is 16.0. The molecule has 3 nitrogen and oxygen atoms in total. The highest BCUT2D eigenvalue weighted by Gasteiger charge is 2.14. The van der Waals surface area contributed by atoms with Crippen LogP contribution in [0, 0.1) is 0 Å². The highest BCUT2D eigenvalue weighted by molar-refractivity contribution is 5.44. The number of anilines is 1. The molecule has 0 unspecified atom stereocenters. The van der Waals surface area contributed by atoms with Gasteiger partial charge in [-0.15, -0.1) is 6.58 Å². The molecule has 0 fully saturated rings. The van der Waals surface area contributed by atoms with E-state index in [1.165, 1.54) is 5.56 Å². The third-order valence-electron chi connectivity index (χ3n) is 3.44. The van der Waals surface area contributed by atoms with Crippen molar-refractivity contribution in [1.29, 1.82) is 0 Å². The standard InChI is InChI=1S/C18H31N3/c1-8-9-21(15(6)7)18-11-16(12-19-14(4)5)10-17(20-18)13(2)3/h8,10-11,13-15,19H,1,9,12H2,2-7H3. The summed E-state index contributed by atoms with van der Waals surface area (Å²) < 4.78 is 0. The molecule has 1 aromatic rings. The van der Waals surface area contributed by atoms with Gasteiger partial charge in [-0.1, -0.05) is 33.8 Å². The lowest BCUT2D eigenvalue weighted by atomic mass is 10.1. The summed E-state index contributed by atoms with van der Waals surface area (Å²) >= 11 is 0. The Labute approximate surface area is 130 Å². The zero-order valence-corrected chi connectivity index (χ0v) is 14.5. The van der Waals surface area contributed by atoms with Crippen molar-refractivity contribution in [2.24, 2.45) is 0 Å². The number of nitrogens with one attached hydrogen (secondary N) is 1. The topological polar surface area (TPSA) is 28.2 Å². The quantitative estimate of drug-likeness (QED) is 0.730. The maximum atomic E-state index is 4.85. The molecule has 1 rings (SSSR count). The van der Waals surface area contributed by atoms with Crippen LogP contribution >= 0.6 is 0 Å². The molecule has 1 heterocycles. The number of hydrogen-bond donors (Lipinski definition) is 1. The summed E-state index contributed by atoms with van der Waals surface area (Å²) in [5, 5.41) is 3.49. The van der Waals surface area contributed by atoms with Gasteiger partial charge in [0, 0.05) is 30.9 Å². The molecule has 0 amide bonds. The molecule has 1 aromatic heterocycles. The van der Waals surface area contributed by atoms with Crippen molar-refractivity contribution in [2.75, 3.05) is 11.4 Å². The minimum absolute atomic E-state index is 0.406. The van der Waals surface area contributed by atoms with Crippen molar-refractivity contribution in [3.63, 3.8) is 0 Å². The largest absolute Gasteiger partial charge is 0.350 e. The predicted molar refractivity (Wildman–Crippen MR) is 93.0 cm³/mol. The van der Waals surface area contributed by atoms with Crippen molar-refractivity contribution < 1.29 is 0 Å². The van der Waals surface area contributed by atoms with Gasteiger partial charge in [0.2, 0.25) is 0 Å². The van der Waals surface area contributed by atoms with Gasteiger partial charge in [-0.25, -0.2) is 4.98 Å². The lowest BCUT2D eigenvalue weighted by Crippen LogP contribution is -2.32. The Morgan fingerprint density at radius 3 is 2.33 bits per heavy atom. The van der Waals surface area contributed by atoms with E-state index in [4.69, 9.17) is 4.98 Å². The average molecular weight is 289 g/mol. The van der Waals surface area contributed by atoms with E-state index in [9.17, 15) is 0 Å². The van der Waals surface area contributed by atoms with E-state index in [-0.39, 0.29) is 0 Å². The molecule has 0 spiro atoms. The molecule has 1 N–H and O–H groups in total. The van der Waals surface area contributed by atoms with Gasteiger partial charge in [-0.3, -0.25) is 0 Å². The summed E-state index contributed by atoms with van der Waals surface area (Å²) in [6.07, 6.45) is 1.94. The number of pyridine rings is 1. The van der Waals surface area contributed by atoms with Crippen LogP contribution in [0.4, 0.5) is 5.82 Å². The fourth-order valence-electron chi connectivity index (χ4n) is 2.17. The predicted octanol–water partition coefficient (Wildman–Crippen LogP) is 4.10. The molecule has 0 aliphatic heterocycles. The Balaban J connectivity index is 3.13. The fraction of sp³-hybridized carbons (Fsp3) is 0.611. The minimum Gasteiger partial charge on any atom is -0.350 e. The molecule has 0 bridgehead atoms. The van der Waals surface area contributed by atoms with Gasteiger partial charge in [0.1, 0.15) is 5.82 Å². The number of hydrogen-bond acceptors (Lipinski definition) is 3. The highest BCUT2D eigenvalue weighted by atomic mass is 15.2. The smallest absolute Gasteiger partial charge is 0.129 e. The molecule has 118 valence electrons. The summed E-state index contributed by atoms with van der Waals surface area (Å²) in [5.41, 5.74) is 2.45. The monoisotopic (exact) mass is 289 g/mol. The van der Waals surface area contributed by atoms with Crippen LogP contribution in [0.1, 0.15) is 58.7 Å². The second-order valence-electron chi connectivity index (χ2n) is 6.48. The normalized spacial score (nSPS) is 11.5. The first-order valence-electron chi connectivity index (χ1n) is 7.97. The van der Waals surface area contributed by atoms with Crippen LogP contribution in [0.15, 0.2) is 24.8 Å². The van der Waals surface area contributed by atoms with Crippen LogP contribution < -0.4 is 10.2 Å². The fourth-order valence-corrected chi connectivity index (χ4v) is 2.17. The molecule has 0 radical (unpaired) electrons. The van der Waals surface area contributed by atoms with Crippen molar-refractivity contribution in [3.8, 4) is 0 Å². The first-order chi connectivity index (χ1) is 9.85. The average Bonchev–Trinajstić information content (AvgIpc) is 2.41. The van der Waals surface area contributed by atoms with E-state index in [0.717, 1.165) is 24.6 Å². The Morgan fingerprint density at radius 2 is 1.86 bits per heavy atom. The van der Waals surface area contributed by atoms with Gasteiger partial charge in [0.05, 0.1) is 0 Å². The summed E-state index contributed by atoms with van der Waals surface area (Å²) in [7, 11) is 0. The van der Waals surface area contributed by atoms with Crippen LogP contribution in [-0.4, -0.2) is 23.6 Å². The lowest BCUT2D eigenvalue weighted by Gasteiger charge is -2.28. The molecular weight excluding hydrogens is 258 g/mol. The SMILES string of the molecule is C=CCN(c1cc(CNC(C)C)cc(C(C)C)n1)C(C)C. The molecule has 0 aliphatic rings. The second-order valence-corrected chi connectivity index (χ2v) is 6.48.